The van der Waals surface area contributed by atoms with Crippen molar-refractivity contribution in [1.29, 1.82) is 0 Å². The highest BCUT2D eigenvalue weighted by molar-refractivity contribution is 14.1. The van der Waals surface area contributed by atoms with Crippen LogP contribution in [0.5, 0.6) is 5.75 Å². The van der Waals surface area contributed by atoms with Crippen LogP contribution in [0.1, 0.15) is 12.5 Å². The quantitative estimate of drug-likeness (QED) is 0.870. The topological polar surface area (TPSA) is 38.3 Å². The van der Waals surface area contributed by atoms with E-state index in [1.165, 1.54) is 6.92 Å². The second-order valence-electron chi connectivity index (χ2n) is 2.93. The molecule has 4 heteroatoms. The van der Waals surface area contributed by atoms with Gasteiger partial charge in [-0.15, -0.1) is 0 Å². The SMILES string of the molecule is COc1ccc(/C(=C/I)NC(C)=O)cc1. The highest BCUT2D eigenvalue weighted by Gasteiger charge is 2.02. The van der Waals surface area contributed by atoms with Crippen molar-refractivity contribution >= 4 is 34.2 Å². The van der Waals surface area contributed by atoms with E-state index in [4.69, 9.17) is 4.74 Å². The molecule has 0 unspecified atom stereocenters. The predicted octanol–water partition coefficient (Wildman–Crippen LogP) is 2.56. The average molecular weight is 317 g/mol. The monoisotopic (exact) mass is 317 g/mol. The van der Waals surface area contributed by atoms with E-state index in [-0.39, 0.29) is 5.91 Å². The summed E-state index contributed by atoms with van der Waals surface area (Å²) in [7, 11) is 1.62. The van der Waals surface area contributed by atoms with Crippen LogP contribution in [0, 0.1) is 0 Å². The maximum absolute atomic E-state index is 10.9. The molecule has 1 rings (SSSR count). The van der Waals surface area contributed by atoms with Crippen LogP contribution >= 0.6 is 22.6 Å². The van der Waals surface area contributed by atoms with Crippen molar-refractivity contribution in [3.63, 3.8) is 0 Å². The second-order valence-corrected chi connectivity index (χ2v) is 3.56. The van der Waals surface area contributed by atoms with Gasteiger partial charge in [0.05, 0.1) is 12.8 Å². The lowest BCUT2D eigenvalue weighted by Gasteiger charge is -2.07. The number of hydrogen-bond acceptors (Lipinski definition) is 2. The summed E-state index contributed by atoms with van der Waals surface area (Å²) in [6.07, 6.45) is 0. The molecule has 0 fully saturated rings. The van der Waals surface area contributed by atoms with Gasteiger partial charge in [0.2, 0.25) is 5.91 Å². The molecular weight excluding hydrogens is 305 g/mol. The van der Waals surface area contributed by atoms with Crippen LogP contribution in [0.2, 0.25) is 0 Å². The normalized spacial score (nSPS) is 11.0. The van der Waals surface area contributed by atoms with Gasteiger partial charge in [-0.25, -0.2) is 0 Å². The van der Waals surface area contributed by atoms with Gasteiger partial charge in [0.25, 0.3) is 0 Å². The van der Waals surface area contributed by atoms with Crippen molar-refractivity contribution in [1.82, 2.24) is 5.32 Å². The van der Waals surface area contributed by atoms with Crippen molar-refractivity contribution in [3.05, 3.63) is 33.9 Å². The molecule has 0 aliphatic carbocycles. The van der Waals surface area contributed by atoms with E-state index < -0.39 is 0 Å². The Morgan fingerprint density at radius 1 is 1.40 bits per heavy atom. The molecule has 80 valence electrons. The minimum atomic E-state index is -0.0752. The van der Waals surface area contributed by atoms with Gasteiger partial charge < -0.3 is 10.1 Å². The first-order valence-corrected chi connectivity index (χ1v) is 5.64. The van der Waals surface area contributed by atoms with Crippen LogP contribution in [0.15, 0.2) is 28.3 Å². The molecule has 0 radical (unpaired) electrons. The summed E-state index contributed by atoms with van der Waals surface area (Å²) in [4.78, 5) is 10.9. The van der Waals surface area contributed by atoms with Crippen LogP contribution in [0.4, 0.5) is 0 Å². The Labute approximate surface area is 103 Å². The Balaban J connectivity index is 2.89. The van der Waals surface area contributed by atoms with Crippen molar-refractivity contribution in [2.24, 2.45) is 0 Å². The summed E-state index contributed by atoms with van der Waals surface area (Å²) in [6.45, 7) is 1.49. The van der Waals surface area contributed by atoms with E-state index in [0.717, 1.165) is 17.0 Å². The molecule has 0 aliphatic rings. The fourth-order valence-corrected chi connectivity index (χ4v) is 1.64. The zero-order chi connectivity index (χ0) is 11.3. The number of methoxy groups -OCH3 is 1. The van der Waals surface area contributed by atoms with Crippen molar-refractivity contribution in [3.8, 4) is 5.75 Å². The van der Waals surface area contributed by atoms with E-state index in [1.54, 1.807) is 7.11 Å². The summed E-state index contributed by atoms with van der Waals surface area (Å²) >= 11 is 2.10. The largest absolute Gasteiger partial charge is 0.497 e. The van der Waals surface area contributed by atoms with Gasteiger partial charge in [0.15, 0.2) is 0 Å². The highest BCUT2D eigenvalue weighted by Crippen LogP contribution is 2.17. The number of nitrogens with one attached hydrogen (secondary N) is 1. The van der Waals surface area contributed by atoms with Gasteiger partial charge in [0, 0.05) is 11.0 Å². The molecule has 1 aromatic rings. The Morgan fingerprint density at radius 3 is 2.40 bits per heavy atom. The third kappa shape index (κ3) is 3.54. The summed E-state index contributed by atoms with van der Waals surface area (Å²) in [6, 6.07) is 7.52. The third-order valence-corrected chi connectivity index (χ3v) is 2.44. The number of halogens is 1. The minimum absolute atomic E-state index is 0.0752. The molecule has 0 aromatic heterocycles. The standard InChI is InChI=1S/C11H12INO2/c1-8(14)13-11(7-12)9-3-5-10(15-2)6-4-9/h3-7H,1-2H3,(H,13,14)/b11-7-. The predicted molar refractivity (Wildman–Crippen MR) is 68.8 cm³/mol. The molecular formula is C11H12INO2. The summed E-state index contributed by atoms with van der Waals surface area (Å²) in [5, 5.41) is 2.76. The van der Waals surface area contributed by atoms with Crippen LogP contribution in [0.3, 0.4) is 0 Å². The first-order valence-electron chi connectivity index (χ1n) is 4.39. The van der Waals surface area contributed by atoms with Crippen LogP contribution in [0.25, 0.3) is 5.70 Å². The lowest BCUT2D eigenvalue weighted by molar-refractivity contribution is -0.117. The molecule has 3 nitrogen and oxygen atoms in total. The lowest BCUT2D eigenvalue weighted by Crippen LogP contribution is -2.17. The third-order valence-electron chi connectivity index (χ3n) is 1.82. The van der Waals surface area contributed by atoms with E-state index >= 15 is 0 Å². The first kappa shape index (κ1) is 12.0. The zero-order valence-corrected chi connectivity index (χ0v) is 10.7. The second kappa shape index (κ2) is 5.75. The van der Waals surface area contributed by atoms with Crippen LogP contribution in [-0.2, 0) is 4.79 Å². The Kier molecular flexibility index (Phi) is 4.61. The van der Waals surface area contributed by atoms with Crippen molar-refractivity contribution in [2.75, 3.05) is 7.11 Å². The molecule has 0 heterocycles. The van der Waals surface area contributed by atoms with Crippen molar-refractivity contribution < 1.29 is 9.53 Å². The summed E-state index contributed by atoms with van der Waals surface area (Å²) in [5.74, 6) is 0.725. The molecule has 1 N–H and O–H groups in total. The molecule has 0 spiro atoms. The first-order chi connectivity index (χ1) is 7.17. The molecule has 0 saturated carbocycles. The highest BCUT2D eigenvalue weighted by atomic mass is 127. The summed E-state index contributed by atoms with van der Waals surface area (Å²) < 4.78 is 6.89. The maximum atomic E-state index is 10.9. The molecule has 0 saturated heterocycles. The number of carbonyl (C=O) groups excluding carboxylic acids is 1. The van der Waals surface area contributed by atoms with E-state index in [2.05, 4.69) is 27.9 Å². The van der Waals surface area contributed by atoms with Gasteiger partial charge in [-0.05, 0) is 29.8 Å². The average Bonchev–Trinajstić information content (AvgIpc) is 2.26. The van der Waals surface area contributed by atoms with Gasteiger partial charge in [-0.3, -0.25) is 4.79 Å². The van der Waals surface area contributed by atoms with E-state index in [9.17, 15) is 4.79 Å². The number of hydrogen-bond donors (Lipinski definition) is 1. The number of rotatable bonds is 3. The molecule has 15 heavy (non-hydrogen) atoms. The summed E-state index contributed by atoms with van der Waals surface area (Å²) in [5.41, 5.74) is 1.76. The van der Waals surface area contributed by atoms with Crippen LogP contribution < -0.4 is 10.1 Å². The Morgan fingerprint density at radius 2 is 2.00 bits per heavy atom. The Bertz CT molecular complexity index is 371. The Hall–Kier alpha value is -1.04. The van der Waals surface area contributed by atoms with E-state index in [0.29, 0.717) is 0 Å². The zero-order valence-electron chi connectivity index (χ0n) is 8.58. The van der Waals surface area contributed by atoms with Gasteiger partial charge in [-0.2, -0.15) is 0 Å². The smallest absolute Gasteiger partial charge is 0.221 e. The fourth-order valence-electron chi connectivity index (χ4n) is 1.12. The molecule has 0 bridgehead atoms. The number of ether oxygens (including phenoxy) is 1. The van der Waals surface area contributed by atoms with Gasteiger partial charge in [-0.1, -0.05) is 22.6 Å². The number of benzene rings is 1. The van der Waals surface area contributed by atoms with Crippen molar-refractivity contribution in [2.45, 2.75) is 6.92 Å². The lowest BCUT2D eigenvalue weighted by atomic mass is 10.1. The fraction of sp³-hybridized carbons (Fsp3) is 0.182. The molecule has 1 aromatic carbocycles. The van der Waals surface area contributed by atoms with Gasteiger partial charge >= 0.3 is 0 Å². The number of carbonyl (C=O) groups is 1. The van der Waals surface area contributed by atoms with E-state index in [1.807, 2.05) is 28.3 Å². The number of amides is 1. The minimum Gasteiger partial charge on any atom is -0.497 e. The molecule has 1 amide bonds. The molecule has 0 aliphatic heterocycles. The molecule has 0 atom stereocenters. The van der Waals surface area contributed by atoms with Gasteiger partial charge in [0.1, 0.15) is 5.75 Å². The maximum Gasteiger partial charge on any atom is 0.221 e. The van der Waals surface area contributed by atoms with Crippen LogP contribution in [-0.4, -0.2) is 13.0 Å².